The van der Waals surface area contributed by atoms with Gasteiger partial charge in [-0.2, -0.15) is 5.21 Å². The molecule has 5 rings (SSSR count). The average molecular weight is 483 g/mol. The molecule has 190 valence electrons. The standard InChI is InChI=1S/C26H38N6O3/c1-34-11-3-4-19-12-20(17-32(22-6-7-22)25(33)21-5-2-10-27-16-21)14-23(13-19)35-18-26(8-9-26)15-24-28-30-31-29-24/h12-14,21-22,27H,2-11,15-18H2,1H3,(H,28,29,30,31)/t21-/m1/s1. The van der Waals surface area contributed by atoms with Crippen LogP contribution in [0.25, 0.3) is 0 Å². The van der Waals surface area contributed by atoms with E-state index in [9.17, 15) is 4.79 Å². The maximum Gasteiger partial charge on any atom is 0.227 e. The van der Waals surface area contributed by atoms with E-state index in [2.05, 4.69) is 49.0 Å². The lowest BCUT2D eigenvalue weighted by molar-refractivity contribution is -0.137. The second kappa shape index (κ2) is 11.0. The number of aryl methyl sites for hydroxylation is 1. The normalized spacial score (nSPS) is 21.0. The highest BCUT2D eigenvalue weighted by Crippen LogP contribution is 2.48. The van der Waals surface area contributed by atoms with Crippen LogP contribution in [0, 0.1) is 11.3 Å². The number of nitrogens with zero attached hydrogens (tertiary/aromatic N) is 4. The van der Waals surface area contributed by atoms with Crippen LogP contribution in [0.5, 0.6) is 5.75 Å². The van der Waals surface area contributed by atoms with Crippen LogP contribution in [0.15, 0.2) is 18.2 Å². The van der Waals surface area contributed by atoms with E-state index >= 15 is 0 Å². The third-order valence-corrected chi connectivity index (χ3v) is 7.53. The Balaban J connectivity index is 1.29. The summed E-state index contributed by atoms with van der Waals surface area (Å²) in [5.41, 5.74) is 2.49. The first-order chi connectivity index (χ1) is 17.1. The highest BCUT2D eigenvalue weighted by molar-refractivity contribution is 5.80. The largest absolute Gasteiger partial charge is 0.493 e. The molecule has 3 fully saturated rings. The summed E-state index contributed by atoms with van der Waals surface area (Å²) in [7, 11) is 1.74. The van der Waals surface area contributed by atoms with E-state index in [-0.39, 0.29) is 11.3 Å². The molecule has 0 radical (unpaired) electrons. The van der Waals surface area contributed by atoms with Gasteiger partial charge in [-0.3, -0.25) is 4.79 Å². The zero-order chi connectivity index (χ0) is 24.1. The highest BCUT2D eigenvalue weighted by atomic mass is 16.5. The molecule has 9 nitrogen and oxygen atoms in total. The number of amides is 1. The quantitative estimate of drug-likeness (QED) is 0.423. The summed E-state index contributed by atoms with van der Waals surface area (Å²) in [6, 6.07) is 6.91. The number of piperidine rings is 1. The lowest BCUT2D eigenvalue weighted by atomic mass is 9.97. The molecule has 3 aliphatic rings. The van der Waals surface area contributed by atoms with Crippen molar-refractivity contribution in [2.24, 2.45) is 11.3 Å². The molecule has 2 aromatic rings. The van der Waals surface area contributed by atoms with E-state index in [1.54, 1.807) is 7.11 Å². The minimum Gasteiger partial charge on any atom is -0.493 e. The smallest absolute Gasteiger partial charge is 0.227 e. The maximum atomic E-state index is 13.4. The van der Waals surface area contributed by atoms with Gasteiger partial charge in [0.1, 0.15) is 5.75 Å². The third-order valence-electron chi connectivity index (χ3n) is 7.53. The average Bonchev–Trinajstić information content (AvgIpc) is 3.80. The Labute approximate surface area is 207 Å². The fourth-order valence-electron chi connectivity index (χ4n) is 5.11. The van der Waals surface area contributed by atoms with Crippen LogP contribution in [-0.2, 0) is 28.9 Å². The van der Waals surface area contributed by atoms with Crippen molar-refractivity contribution >= 4 is 5.91 Å². The topological polar surface area (TPSA) is 105 Å². The number of hydrogen-bond acceptors (Lipinski definition) is 7. The molecule has 0 spiro atoms. The van der Waals surface area contributed by atoms with Gasteiger partial charge in [-0.15, -0.1) is 10.2 Å². The van der Waals surface area contributed by atoms with E-state index in [0.717, 1.165) is 94.6 Å². The fourth-order valence-corrected chi connectivity index (χ4v) is 5.11. The van der Waals surface area contributed by atoms with Gasteiger partial charge in [0.05, 0.1) is 12.5 Å². The van der Waals surface area contributed by atoms with Gasteiger partial charge in [-0.1, -0.05) is 11.3 Å². The monoisotopic (exact) mass is 482 g/mol. The Hall–Kier alpha value is -2.52. The van der Waals surface area contributed by atoms with Crippen molar-refractivity contribution in [3.8, 4) is 5.75 Å². The van der Waals surface area contributed by atoms with E-state index < -0.39 is 0 Å². The first kappa shape index (κ1) is 24.2. The first-order valence-corrected chi connectivity index (χ1v) is 13.1. The van der Waals surface area contributed by atoms with E-state index in [1.807, 2.05) is 0 Å². The van der Waals surface area contributed by atoms with Crippen molar-refractivity contribution in [1.82, 2.24) is 30.8 Å². The molecule has 2 aliphatic carbocycles. The van der Waals surface area contributed by atoms with Crippen LogP contribution in [0.1, 0.15) is 61.9 Å². The van der Waals surface area contributed by atoms with Gasteiger partial charge in [0.2, 0.25) is 5.91 Å². The number of ether oxygens (including phenoxy) is 2. The Morgan fingerprint density at radius 1 is 1.20 bits per heavy atom. The molecule has 0 bridgehead atoms. The molecule has 1 amide bonds. The zero-order valence-electron chi connectivity index (χ0n) is 20.8. The molecule has 1 aromatic heterocycles. The second-order valence-electron chi connectivity index (χ2n) is 10.6. The summed E-state index contributed by atoms with van der Waals surface area (Å²) in [6.07, 6.45) is 9.18. The number of hydrogen-bond donors (Lipinski definition) is 2. The lowest BCUT2D eigenvalue weighted by Gasteiger charge is -2.30. The summed E-state index contributed by atoms with van der Waals surface area (Å²) in [5.74, 6) is 2.04. The van der Waals surface area contributed by atoms with Crippen LogP contribution >= 0.6 is 0 Å². The van der Waals surface area contributed by atoms with E-state index in [4.69, 9.17) is 9.47 Å². The molecular formula is C26H38N6O3. The number of H-pyrrole nitrogens is 1. The number of aromatic nitrogens is 4. The summed E-state index contributed by atoms with van der Waals surface area (Å²) in [4.78, 5) is 15.5. The van der Waals surface area contributed by atoms with E-state index in [0.29, 0.717) is 25.1 Å². The number of rotatable bonds is 13. The molecule has 0 unspecified atom stereocenters. The van der Waals surface area contributed by atoms with Crippen molar-refractivity contribution in [2.45, 2.75) is 70.4 Å². The van der Waals surface area contributed by atoms with Gasteiger partial charge < -0.3 is 19.7 Å². The molecule has 2 heterocycles. The number of aromatic amines is 1. The SMILES string of the molecule is COCCCc1cc(CN(C(=O)[C@@H]2CCCNC2)C2CC2)cc(OCC2(Cc3nn[nH]n3)CC2)c1. The van der Waals surface area contributed by atoms with E-state index in [1.165, 1.54) is 5.56 Å². The predicted octanol–water partition coefficient (Wildman–Crippen LogP) is 2.67. The van der Waals surface area contributed by atoms with Crippen molar-refractivity contribution in [1.29, 1.82) is 0 Å². The van der Waals surface area contributed by atoms with Gasteiger partial charge in [0.15, 0.2) is 5.82 Å². The van der Waals surface area contributed by atoms with Gasteiger partial charge in [0, 0.05) is 44.7 Å². The lowest BCUT2D eigenvalue weighted by Crippen LogP contribution is -2.43. The molecule has 2 saturated carbocycles. The fraction of sp³-hybridized carbons (Fsp3) is 0.692. The number of carbonyl (C=O) groups excluding carboxylic acids is 1. The molecule has 9 heteroatoms. The minimum atomic E-state index is 0.0973. The minimum absolute atomic E-state index is 0.0973. The molecule has 1 atom stereocenters. The molecule has 35 heavy (non-hydrogen) atoms. The molecule has 1 aromatic carbocycles. The van der Waals surface area contributed by atoms with Crippen molar-refractivity contribution in [3.63, 3.8) is 0 Å². The molecule has 1 saturated heterocycles. The number of nitrogens with one attached hydrogen (secondary N) is 2. The highest BCUT2D eigenvalue weighted by Gasteiger charge is 2.44. The summed E-state index contributed by atoms with van der Waals surface area (Å²) >= 11 is 0. The van der Waals surface area contributed by atoms with Gasteiger partial charge >= 0.3 is 0 Å². The molecule has 1 aliphatic heterocycles. The second-order valence-corrected chi connectivity index (χ2v) is 10.6. The Bertz CT molecular complexity index is 967. The van der Waals surface area contributed by atoms with Crippen molar-refractivity contribution in [3.05, 3.63) is 35.2 Å². The van der Waals surface area contributed by atoms with Crippen LogP contribution in [0.3, 0.4) is 0 Å². The van der Waals surface area contributed by atoms with Gasteiger partial charge in [0.25, 0.3) is 0 Å². The molecular weight excluding hydrogens is 444 g/mol. The number of tetrazole rings is 1. The van der Waals surface area contributed by atoms with Crippen LogP contribution in [0.4, 0.5) is 0 Å². The summed E-state index contributed by atoms with van der Waals surface area (Å²) in [6.45, 7) is 3.85. The van der Waals surface area contributed by atoms with Gasteiger partial charge in [-0.25, -0.2) is 0 Å². The van der Waals surface area contributed by atoms with Crippen LogP contribution < -0.4 is 10.1 Å². The van der Waals surface area contributed by atoms with Crippen molar-refractivity contribution < 1.29 is 14.3 Å². The zero-order valence-corrected chi connectivity index (χ0v) is 20.8. The number of methoxy groups -OCH3 is 1. The number of benzene rings is 1. The third kappa shape index (κ3) is 6.58. The maximum absolute atomic E-state index is 13.4. The van der Waals surface area contributed by atoms with Crippen molar-refractivity contribution in [2.75, 3.05) is 33.4 Å². The van der Waals surface area contributed by atoms with Crippen LogP contribution in [0.2, 0.25) is 0 Å². The Morgan fingerprint density at radius 2 is 2.06 bits per heavy atom. The Morgan fingerprint density at radius 3 is 2.74 bits per heavy atom. The Kier molecular flexibility index (Phi) is 7.63. The predicted molar refractivity (Wildman–Crippen MR) is 131 cm³/mol. The van der Waals surface area contributed by atoms with Crippen LogP contribution in [-0.4, -0.2) is 70.9 Å². The molecule has 2 N–H and O–H groups in total. The summed E-state index contributed by atoms with van der Waals surface area (Å²) in [5, 5.41) is 17.9. The summed E-state index contributed by atoms with van der Waals surface area (Å²) < 4.78 is 11.6. The first-order valence-electron chi connectivity index (χ1n) is 13.1. The van der Waals surface area contributed by atoms with Gasteiger partial charge in [-0.05, 0) is 81.2 Å². The number of carbonyl (C=O) groups is 1.